The lowest BCUT2D eigenvalue weighted by atomic mass is 10.0. The standard InChI is InChI=1S/C23H16F4N4O3/c1-29-8-11-9-30(5-4-17(11)28-29)21-16(26)7-13-20(19(21)27)31(10-14(22(13)32)23(33)34)18-3-2-12(24)6-15(18)25/h2-3,6-8,10H,4-5,9H2,1H3,(H,33,34). The van der Waals surface area contributed by atoms with Crippen molar-refractivity contribution in [2.24, 2.45) is 7.05 Å². The van der Waals surface area contributed by atoms with Gasteiger partial charge in [0.2, 0.25) is 5.43 Å². The zero-order chi connectivity index (χ0) is 24.3. The van der Waals surface area contributed by atoms with E-state index in [-0.39, 0.29) is 13.1 Å². The Labute approximate surface area is 189 Å². The maximum absolute atomic E-state index is 16.0. The van der Waals surface area contributed by atoms with Crippen LogP contribution in [0.4, 0.5) is 23.2 Å². The summed E-state index contributed by atoms with van der Waals surface area (Å²) in [6.45, 7) is 0.372. The third kappa shape index (κ3) is 3.31. The van der Waals surface area contributed by atoms with Crippen LogP contribution in [0.5, 0.6) is 0 Å². The molecule has 0 saturated carbocycles. The van der Waals surface area contributed by atoms with Gasteiger partial charge in [-0.3, -0.25) is 9.48 Å². The Kier molecular flexibility index (Phi) is 4.92. The first-order chi connectivity index (χ1) is 16.2. The van der Waals surface area contributed by atoms with Crippen molar-refractivity contribution < 1.29 is 27.5 Å². The van der Waals surface area contributed by atoms with Gasteiger partial charge in [0.15, 0.2) is 5.82 Å². The first-order valence-corrected chi connectivity index (χ1v) is 10.2. The Hall–Kier alpha value is -4.15. The molecular weight excluding hydrogens is 456 g/mol. The monoisotopic (exact) mass is 472 g/mol. The Balaban J connectivity index is 1.80. The summed E-state index contributed by atoms with van der Waals surface area (Å²) in [4.78, 5) is 25.8. The van der Waals surface area contributed by atoms with Gasteiger partial charge in [-0.1, -0.05) is 0 Å². The molecule has 2 aromatic carbocycles. The molecule has 1 aliphatic rings. The highest BCUT2D eigenvalue weighted by Crippen LogP contribution is 2.34. The summed E-state index contributed by atoms with van der Waals surface area (Å²) < 4.78 is 61.7. The van der Waals surface area contributed by atoms with Crippen molar-refractivity contribution in [2.45, 2.75) is 13.0 Å². The minimum atomic E-state index is -1.66. The maximum atomic E-state index is 16.0. The largest absolute Gasteiger partial charge is 0.477 e. The number of hydrogen-bond donors (Lipinski definition) is 1. The van der Waals surface area contributed by atoms with E-state index in [1.54, 1.807) is 17.9 Å². The molecule has 174 valence electrons. The second kappa shape index (κ2) is 7.72. The van der Waals surface area contributed by atoms with Crippen molar-refractivity contribution in [3.05, 3.63) is 87.0 Å². The molecule has 0 atom stereocenters. The number of benzene rings is 2. The number of nitrogens with zero attached hydrogens (tertiary/aromatic N) is 4. The zero-order valence-electron chi connectivity index (χ0n) is 17.6. The molecule has 2 aromatic heterocycles. The van der Waals surface area contributed by atoms with Crippen molar-refractivity contribution in [1.29, 1.82) is 0 Å². The lowest BCUT2D eigenvalue weighted by Crippen LogP contribution is -2.32. The van der Waals surface area contributed by atoms with Crippen LogP contribution in [0.1, 0.15) is 21.6 Å². The molecule has 0 fully saturated rings. The van der Waals surface area contributed by atoms with E-state index in [0.717, 1.165) is 40.2 Å². The third-order valence-corrected chi connectivity index (χ3v) is 5.84. The molecule has 7 nitrogen and oxygen atoms in total. The number of pyridine rings is 1. The lowest BCUT2D eigenvalue weighted by Gasteiger charge is -2.29. The van der Waals surface area contributed by atoms with Gasteiger partial charge in [0.05, 0.1) is 22.3 Å². The summed E-state index contributed by atoms with van der Waals surface area (Å²) in [7, 11) is 1.73. The zero-order valence-corrected chi connectivity index (χ0v) is 17.6. The third-order valence-electron chi connectivity index (χ3n) is 5.84. The van der Waals surface area contributed by atoms with Crippen LogP contribution in [-0.4, -0.2) is 32.0 Å². The second-order valence-corrected chi connectivity index (χ2v) is 8.01. The van der Waals surface area contributed by atoms with Crippen LogP contribution in [0.25, 0.3) is 16.6 Å². The van der Waals surface area contributed by atoms with E-state index in [0.29, 0.717) is 12.5 Å². The molecule has 0 spiro atoms. The van der Waals surface area contributed by atoms with Crippen LogP contribution in [0, 0.1) is 23.3 Å². The Morgan fingerprint density at radius 2 is 1.85 bits per heavy atom. The highest BCUT2D eigenvalue weighted by molar-refractivity contribution is 5.94. The summed E-state index contributed by atoms with van der Waals surface area (Å²) in [5.74, 6) is -5.92. The summed E-state index contributed by atoms with van der Waals surface area (Å²) in [5.41, 5.74) is -1.74. The fraction of sp³-hybridized carbons (Fsp3) is 0.174. The minimum Gasteiger partial charge on any atom is -0.477 e. The Morgan fingerprint density at radius 3 is 2.56 bits per heavy atom. The van der Waals surface area contributed by atoms with Crippen LogP contribution in [-0.2, 0) is 20.0 Å². The minimum absolute atomic E-state index is 0.144. The summed E-state index contributed by atoms with van der Waals surface area (Å²) in [6.07, 6.45) is 2.91. The number of carboxylic acids is 1. The number of aryl methyl sites for hydroxylation is 1. The molecule has 0 aliphatic carbocycles. The van der Waals surface area contributed by atoms with Crippen molar-refractivity contribution in [1.82, 2.24) is 14.3 Å². The Morgan fingerprint density at radius 1 is 1.09 bits per heavy atom. The molecule has 4 aromatic rings. The van der Waals surface area contributed by atoms with Gasteiger partial charge in [-0.2, -0.15) is 5.10 Å². The number of halogens is 4. The van der Waals surface area contributed by atoms with Gasteiger partial charge >= 0.3 is 5.97 Å². The van der Waals surface area contributed by atoms with E-state index in [4.69, 9.17) is 0 Å². The van der Waals surface area contributed by atoms with Crippen molar-refractivity contribution in [3.63, 3.8) is 0 Å². The van der Waals surface area contributed by atoms with Gasteiger partial charge in [0.25, 0.3) is 0 Å². The normalized spacial score (nSPS) is 13.4. The fourth-order valence-electron chi connectivity index (χ4n) is 4.36. The van der Waals surface area contributed by atoms with Crippen molar-refractivity contribution in [2.75, 3.05) is 11.4 Å². The first-order valence-electron chi connectivity index (χ1n) is 10.2. The molecule has 0 saturated heterocycles. The van der Waals surface area contributed by atoms with E-state index >= 15 is 8.78 Å². The quantitative estimate of drug-likeness (QED) is 0.462. The number of aromatic nitrogens is 3. The Bertz CT molecular complexity index is 1560. The molecule has 3 heterocycles. The average molecular weight is 472 g/mol. The molecule has 1 N–H and O–H groups in total. The molecule has 0 unspecified atom stereocenters. The van der Waals surface area contributed by atoms with Crippen LogP contribution in [0.2, 0.25) is 0 Å². The molecule has 34 heavy (non-hydrogen) atoms. The van der Waals surface area contributed by atoms with Gasteiger partial charge in [0.1, 0.15) is 28.7 Å². The molecule has 1 aliphatic heterocycles. The smallest absolute Gasteiger partial charge is 0.341 e. The number of rotatable bonds is 3. The van der Waals surface area contributed by atoms with E-state index in [1.165, 1.54) is 4.90 Å². The van der Waals surface area contributed by atoms with Gasteiger partial charge in [-0.25, -0.2) is 22.4 Å². The van der Waals surface area contributed by atoms with E-state index in [2.05, 4.69) is 5.10 Å². The van der Waals surface area contributed by atoms with Crippen molar-refractivity contribution >= 4 is 22.6 Å². The number of carboxylic acid groups (broad SMARTS) is 1. The predicted octanol–water partition coefficient (Wildman–Crippen LogP) is 3.54. The van der Waals surface area contributed by atoms with Gasteiger partial charge in [0, 0.05) is 50.6 Å². The molecule has 0 bridgehead atoms. The van der Waals surface area contributed by atoms with E-state index in [1.807, 2.05) is 0 Å². The van der Waals surface area contributed by atoms with Crippen LogP contribution in [0.15, 0.2) is 41.5 Å². The molecular formula is C23H16F4N4O3. The lowest BCUT2D eigenvalue weighted by molar-refractivity contribution is 0.0695. The van der Waals surface area contributed by atoms with Gasteiger partial charge in [-0.05, 0) is 18.2 Å². The molecule has 5 rings (SSSR count). The number of carbonyl (C=O) groups is 1. The fourth-order valence-corrected chi connectivity index (χ4v) is 4.36. The van der Waals surface area contributed by atoms with Crippen molar-refractivity contribution in [3.8, 4) is 5.69 Å². The van der Waals surface area contributed by atoms with E-state index < -0.39 is 62.5 Å². The molecule has 0 radical (unpaired) electrons. The molecule has 11 heteroatoms. The topological polar surface area (TPSA) is 80.4 Å². The van der Waals surface area contributed by atoms with E-state index in [9.17, 15) is 23.5 Å². The SMILES string of the molecule is Cn1cc2c(n1)CCN(c1c(F)cc3c(=O)c(C(=O)O)cn(-c4ccc(F)cc4F)c3c1F)C2. The summed E-state index contributed by atoms with van der Waals surface area (Å²) in [6, 6.07) is 3.17. The average Bonchev–Trinajstić information content (AvgIpc) is 3.14. The van der Waals surface area contributed by atoms with Gasteiger partial charge in [-0.15, -0.1) is 0 Å². The first kappa shape index (κ1) is 21.7. The van der Waals surface area contributed by atoms with Crippen LogP contribution >= 0.6 is 0 Å². The van der Waals surface area contributed by atoms with Crippen LogP contribution < -0.4 is 10.3 Å². The summed E-state index contributed by atoms with van der Waals surface area (Å²) in [5, 5.41) is 13.2. The number of hydrogen-bond acceptors (Lipinski definition) is 4. The van der Waals surface area contributed by atoms with Gasteiger partial charge < -0.3 is 14.6 Å². The second-order valence-electron chi connectivity index (χ2n) is 8.01. The number of anilines is 1. The van der Waals surface area contributed by atoms with Crippen LogP contribution in [0.3, 0.4) is 0 Å². The summed E-state index contributed by atoms with van der Waals surface area (Å²) >= 11 is 0. The molecule has 0 amide bonds. The maximum Gasteiger partial charge on any atom is 0.341 e. The highest BCUT2D eigenvalue weighted by Gasteiger charge is 2.29. The number of aromatic carboxylic acids is 1. The predicted molar refractivity (Wildman–Crippen MR) is 114 cm³/mol. The highest BCUT2D eigenvalue weighted by atomic mass is 19.1. The number of fused-ring (bicyclic) bond motifs is 2.